The summed E-state index contributed by atoms with van der Waals surface area (Å²) < 4.78 is 5.80. The van der Waals surface area contributed by atoms with Gasteiger partial charge in [0.2, 0.25) is 0 Å². The normalized spacial score (nSPS) is 10.6. The smallest absolute Gasteiger partial charge is 0.330 e. The number of rotatable bonds is 9. The topological polar surface area (TPSA) is 43.4 Å². The van der Waals surface area contributed by atoms with Crippen molar-refractivity contribution in [2.45, 2.75) is 6.42 Å². The van der Waals surface area contributed by atoms with E-state index in [0.29, 0.717) is 17.7 Å². The Hall–Kier alpha value is -2.24. The fourth-order valence-corrected chi connectivity index (χ4v) is 2.57. The van der Waals surface area contributed by atoms with Gasteiger partial charge in [0.05, 0.1) is 20.6 Å². The second-order valence-electron chi connectivity index (χ2n) is 6.90. The standard InChI is InChI=1S/C22H26NO3.BrH/c1-4-21(24)26-17-16-23(2,3)15-14-18-10-12-20(13-11-18)22(25)19-8-6-5-7-9-19;/h4-13H,1,14-17H2,2-3H3;1H/q+1;/p-1. The van der Waals surface area contributed by atoms with Crippen molar-refractivity contribution in [2.24, 2.45) is 0 Å². The van der Waals surface area contributed by atoms with Crippen LogP contribution in [0.3, 0.4) is 0 Å². The van der Waals surface area contributed by atoms with Gasteiger partial charge in [0.1, 0.15) is 13.2 Å². The van der Waals surface area contributed by atoms with Crippen LogP contribution in [-0.4, -0.2) is 50.0 Å². The first-order chi connectivity index (χ1) is 12.4. The Morgan fingerprint density at radius 3 is 2.15 bits per heavy atom. The lowest BCUT2D eigenvalue weighted by molar-refractivity contribution is -0.890. The summed E-state index contributed by atoms with van der Waals surface area (Å²) >= 11 is 0. The van der Waals surface area contributed by atoms with Crippen LogP contribution in [0.2, 0.25) is 0 Å². The zero-order valence-electron chi connectivity index (χ0n) is 15.9. The first-order valence-corrected chi connectivity index (χ1v) is 8.71. The number of hydrogen-bond donors (Lipinski definition) is 0. The van der Waals surface area contributed by atoms with E-state index < -0.39 is 0 Å². The molecule has 27 heavy (non-hydrogen) atoms. The number of carbonyl (C=O) groups is 2. The molecule has 0 saturated heterocycles. The molecule has 2 aromatic rings. The molecular formula is C22H26BrNO3. The van der Waals surface area contributed by atoms with Gasteiger partial charge >= 0.3 is 5.97 Å². The first kappa shape index (κ1) is 22.8. The van der Waals surface area contributed by atoms with Crippen molar-refractivity contribution in [3.8, 4) is 0 Å². The maximum Gasteiger partial charge on any atom is 0.330 e. The van der Waals surface area contributed by atoms with Crippen LogP contribution in [0.15, 0.2) is 67.3 Å². The SMILES string of the molecule is C=CC(=O)OCC[N+](C)(C)CCc1ccc(C(=O)c2ccccc2)cc1.[Br-]. The molecule has 0 bridgehead atoms. The summed E-state index contributed by atoms with van der Waals surface area (Å²) in [4.78, 5) is 23.5. The van der Waals surface area contributed by atoms with Crippen LogP contribution in [0.1, 0.15) is 21.5 Å². The summed E-state index contributed by atoms with van der Waals surface area (Å²) in [6.45, 7) is 5.42. The van der Waals surface area contributed by atoms with E-state index in [1.165, 1.54) is 11.6 Å². The highest BCUT2D eigenvalue weighted by atomic mass is 79.9. The van der Waals surface area contributed by atoms with Crippen molar-refractivity contribution in [3.05, 3.63) is 83.9 Å². The van der Waals surface area contributed by atoms with Gasteiger partial charge in [0, 0.05) is 23.6 Å². The molecule has 0 heterocycles. The predicted molar refractivity (Wildman–Crippen MR) is 103 cm³/mol. The number of hydrogen-bond acceptors (Lipinski definition) is 3. The van der Waals surface area contributed by atoms with Crippen molar-refractivity contribution >= 4 is 11.8 Å². The van der Waals surface area contributed by atoms with E-state index in [0.717, 1.165) is 24.0 Å². The molecule has 2 rings (SSSR count). The molecule has 0 amide bonds. The molecule has 0 atom stereocenters. The molecule has 0 spiro atoms. The highest BCUT2D eigenvalue weighted by Crippen LogP contribution is 2.12. The van der Waals surface area contributed by atoms with E-state index >= 15 is 0 Å². The van der Waals surface area contributed by atoms with Gasteiger partial charge in [-0.2, -0.15) is 0 Å². The fourth-order valence-electron chi connectivity index (χ4n) is 2.57. The maximum atomic E-state index is 12.4. The molecule has 144 valence electrons. The average Bonchev–Trinajstić information content (AvgIpc) is 2.66. The van der Waals surface area contributed by atoms with E-state index in [1.54, 1.807) is 0 Å². The number of quaternary nitrogens is 1. The molecule has 0 aliphatic carbocycles. The average molecular weight is 432 g/mol. The minimum Gasteiger partial charge on any atom is -1.00 e. The van der Waals surface area contributed by atoms with Crippen molar-refractivity contribution in [3.63, 3.8) is 0 Å². The largest absolute Gasteiger partial charge is 1.00 e. The van der Waals surface area contributed by atoms with E-state index in [1.807, 2.05) is 54.6 Å². The number of nitrogens with zero attached hydrogens (tertiary/aromatic N) is 1. The molecule has 2 aromatic carbocycles. The van der Waals surface area contributed by atoms with E-state index in [-0.39, 0.29) is 28.7 Å². The minimum atomic E-state index is -0.385. The number of likely N-dealkylation sites (N-methyl/N-ethyl adjacent to an activating group) is 1. The Morgan fingerprint density at radius 2 is 1.56 bits per heavy atom. The zero-order chi connectivity index (χ0) is 19.0. The van der Waals surface area contributed by atoms with Gasteiger partial charge in [-0.1, -0.05) is 61.2 Å². The van der Waals surface area contributed by atoms with E-state index in [9.17, 15) is 9.59 Å². The van der Waals surface area contributed by atoms with Crippen LogP contribution in [0, 0.1) is 0 Å². The van der Waals surface area contributed by atoms with Gasteiger partial charge in [-0.15, -0.1) is 0 Å². The molecule has 5 heteroatoms. The molecule has 0 aliphatic rings. The van der Waals surface area contributed by atoms with Crippen LogP contribution < -0.4 is 17.0 Å². The lowest BCUT2D eigenvalue weighted by Crippen LogP contribution is -3.00. The summed E-state index contributed by atoms with van der Waals surface area (Å²) in [7, 11) is 4.21. The third-order valence-corrected chi connectivity index (χ3v) is 4.37. The number of esters is 1. The van der Waals surface area contributed by atoms with Crippen LogP contribution in [0.25, 0.3) is 0 Å². The Morgan fingerprint density at radius 1 is 0.963 bits per heavy atom. The summed E-state index contributed by atoms with van der Waals surface area (Å²) in [6, 6.07) is 17.1. The highest BCUT2D eigenvalue weighted by Gasteiger charge is 2.16. The Bertz CT molecular complexity index is 755. The number of carbonyl (C=O) groups excluding carboxylic acids is 2. The van der Waals surface area contributed by atoms with Crippen molar-refractivity contribution in [1.82, 2.24) is 0 Å². The van der Waals surface area contributed by atoms with Crippen LogP contribution in [0.5, 0.6) is 0 Å². The van der Waals surface area contributed by atoms with E-state index in [2.05, 4.69) is 20.7 Å². The van der Waals surface area contributed by atoms with Gasteiger partial charge in [0.15, 0.2) is 5.78 Å². The van der Waals surface area contributed by atoms with Gasteiger partial charge in [-0.05, 0) is 5.56 Å². The van der Waals surface area contributed by atoms with Crippen molar-refractivity contribution < 1.29 is 35.8 Å². The molecule has 0 saturated carbocycles. The molecule has 0 radical (unpaired) electrons. The van der Waals surface area contributed by atoms with Crippen LogP contribution in [0.4, 0.5) is 0 Å². The third kappa shape index (κ3) is 7.49. The highest BCUT2D eigenvalue weighted by molar-refractivity contribution is 6.08. The number of ether oxygens (including phenoxy) is 1. The number of ketones is 1. The predicted octanol–water partition coefficient (Wildman–Crippen LogP) is 0.270. The second-order valence-corrected chi connectivity index (χ2v) is 6.90. The monoisotopic (exact) mass is 431 g/mol. The number of halogens is 1. The summed E-state index contributed by atoms with van der Waals surface area (Å²) in [5.74, 6) is -0.346. The molecule has 0 unspecified atom stereocenters. The summed E-state index contributed by atoms with van der Waals surface area (Å²) in [5, 5.41) is 0. The van der Waals surface area contributed by atoms with Gasteiger partial charge in [-0.25, -0.2) is 4.79 Å². The number of benzene rings is 2. The van der Waals surface area contributed by atoms with Gasteiger partial charge in [0.25, 0.3) is 0 Å². The molecular weight excluding hydrogens is 406 g/mol. The molecule has 0 aliphatic heterocycles. The lowest BCUT2D eigenvalue weighted by Gasteiger charge is -2.29. The third-order valence-electron chi connectivity index (χ3n) is 4.37. The second kappa shape index (κ2) is 10.8. The quantitative estimate of drug-likeness (QED) is 0.247. The minimum absolute atomic E-state index is 0. The van der Waals surface area contributed by atoms with Crippen LogP contribution in [-0.2, 0) is 16.0 Å². The Balaban J connectivity index is 0.00000364. The fraction of sp³-hybridized carbons (Fsp3) is 0.273. The van der Waals surface area contributed by atoms with Crippen molar-refractivity contribution in [2.75, 3.05) is 33.8 Å². The van der Waals surface area contributed by atoms with Crippen LogP contribution >= 0.6 is 0 Å². The van der Waals surface area contributed by atoms with Gasteiger partial charge in [-0.3, -0.25) is 4.79 Å². The molecule has 0 fully saturated rings. The first-order valence-electron chi connectivity index (χ1n) is 8.71. The Kier molecular flexibility index (Phi) is 9.12. The Labute approximate surface area is 171 Å². The zero-order valence-corrected chi connectivity index (χ0v) is 17.4. The van der Waals surface area contributed by atoms with Gasteiger partial charge < -0.3 is 26.2 Å². The molecule has 0 N–H and O–H groups in total. The molecule has 4 nitrogen and oxygen atoms in total. The lowest BCUT2D eigenvalue weighted by atomic mass is 10.0. The van der Waals surface area contributed by atoms with Crippen molar-refractivity contribution in [1.29, 1.82) is 0 Å². The summed E-state index contributed by atoms with van der Waals surface area (Å²) in [5.41, 5.74) is 2.58. The molecule has 0 aromatic heterocycles. The summed E-state index contributed by atoms with van der Waals surface area (Å²) in [6.07, 6.45) is 2.07. The maximum absolute atomic E-state index is 12.4. The van der Waals surface area contributed by atoms with E-state index in [4.69, 9.17) is 4.74 Å².